The molecule has 0 saturated carbocycles. The lowest BCUT2D eigenvalue weighted by Gasteiger charge is -2.20. The number of hydrogen-bond acceptors (Lipinski definition) is 7. The zero-order valence-corrected chi connectivity index (χ0v) is 16.9. The molecule has 9 nitrogen and oxygen atoms in total. The van der Waals surface area contributed by atoms with Crippen molar-refractivity contribution in [1.82, 2.24) is 30.2 Å². The van der Waals surface area contributed by atoms with Crippen LogP contribution >= 0.6 is 0 Å². The molecule has 4 heterocycles. The van der Waals surface area contributed by atoms with Gasteiger partial charge in [0.2, 0.25) is 0 Å². The molecule has 2 aromatic heterocycles. The van der Waals surface area contributed by atoms with E-state index in [4.69, 9.17) is 4.74 Å². The van der Waals surface area contributed by atoms with E-state index in [0.29, 0.717) is 35.9 Å². The summed E-state index contributed by atoms with van der Waals surface area (Å²) >= 11 is 0. The summed E-state index contributed by atoms with van der Waals surface area (Å²) in [5, 5.41) is 6.33. The van der Waals surface area contributed by atoms with Crippen molar-refractivity contribution in [3.05, 3.63) is 75.7 Å². The highest BCUT2D eigenvalue weighted by molar-refractivity contribution is 5.94. The third-order valence-electron chi connectivity index (χ3n) is 5.60. The van der Waals surface area contributed by atoms with Crippen molar-refractivity contribution in [1.29, 1.82) is 0 Å². The quantitative estimate of drug-likeness (QED) is 0.649. The second kappa shape index (κ2) is 8.37. The normalized spacial score (nSPS) is 17.9. The van der Waals surface area contributed by atoms with Gasteiger partial charge in [-0.25, -0.2) is 15.0 Å². The van der Waals surface area contributed by atoms with Crippen LogP contribution < -0.4 is 16.2 Å². The number of rotatable bonds is 3. The lowest BCUT2D eigenvalue weighted by atomic mass is 9.98. The molecule has 2 N–H and O–H groups in total. The van der Waals surface area contributed by atoms with E-state index >= 15 is 0 Å². The summed E-state index contributed by atoms with van der Waals surface area (Å²) in [6, 6.07) is 8.37. The number of benzene rings is 1. The second-order valence-electron chi connectivity index (χ2n) is 7.60. The zero-order chi connectivity index (χ0) is 21.2. The molecule has 9 heteroatoms. The van der Waals surface area contributed by atoms with E-state index in [0.717, 1.165) is 25.1 Å². The van der Waals surface area contributed by atoms with Crippen LogP contribution in [-0.2, 0) is 24.2 Å². The summed E-state index contributed by atoms with van der Waals surface area (Å²) in [7, 11) is 0. The second-order valence-corrected chi connectivity index (χ2v) is 7.60. The Hall–Kier alpha value is -3.43. The average molecular weight is 418 g/mol. The lowest BCUT2D eigenvalue weighted by Crippen LogP contribution is -2.35. The fourth-order valence-corrected chi connectivity index (χ4v) is 3.99. The highest BCUT2D eigenvalue weighted by Crippen LogP contribution is 2.20. The van der Waals surface area contributed by atoms with E-state index in [1.54, 1.807) is 16.8 Å². The summed E-state index contributed by atoms with van der Waals surface area (Å²) in [6.07, 6.45) is 3.97. The van der Waals surface area contributed by atoms with Crippen LogP contribution in [0.15, 0.2) is 47.7 Å². The summed E-state index contributed by atoms with van der Waals surface area (Å²) in [4.78, 5) is 38.6. The zero-order valence-electron chi connectivity index (χ0n) is 16.9. The van der Waals surface area contributed by atoms with E-state index < -0.39 is 6.04 Å². The fraction of sp³-hybridized carbons (Fsp3) is 0.318. The average Bonchev–Trinajstić information content (AvgIpc) is 3.02. The van der Waals surface area contributed by atoms with E-state index in [-0.39, 0.29) is 18.1 Å². The van der Waals surface area contributed by atoms with E-state index in [1.165, 1.54) is 18.0 Å². The summed E-state index contributed by atoms with van der Waals surface area (Å²) in [6.45, 7) is 2.69. The molecule has 1 amide bonds. The van der Waals surface area contributed by atoms with Gasteiger partial charge >= 0.3 is 0 Å². The predicted molar refractivity (Wildman–Crippen MR) is 112 cm³/mol. The maximum Gasteiger partial charge on any atom is 0.254 e. The van der Waals surface area contributed by atoms with Gasteiger partial charge in [-0.1, -0.05) is 6.07 Å². The number of fused-ring (bicyclic) bond motifs is 2. The van der Waals surface area contributed by atoms with Gasteiger partial charge in [0.25, 0.3) is 11.5 Å². The Morgan fingerprint density at radius 1 is 1.19 bits per heavy atom. The van der Waals surface area contributed by atoms with Crippen LogP contribution in [-0.4, -0.2) is 45.2 Å². The number of aromatic nitrogens is 4. The maximum absolute atomic E-state index is 13.0. The monoisotopic (exact) mass is 418 g/mol. The van der Waals surface area contributed by atoms with E-state index in [1.807, 2.05) is 18.2 Å². The summed E-state index contributed by atoms with van der Waals surface area (Å²) in [5.41, 5.74) is 3.77. The standard InChI is InChI=1S/C22H22N6O3/c29-20-10-18(17-4-6-24-13-25-17)26-21-19(12-31-8-7-28(20)21)27-22(30)15-2-1-14-3-5-23-11-16(14)9-15/h1-2,4,6,9-10,13,19,23H,3,5,7-8,11-12H2,(H,27,30). The minimum atomic E-state index is -0.557. The molecule has 0 bridgehead atoms. The lowest BCUT2D eigenvalue weighted by molar-refractivity contribution is 0.0855. The molecular formula is C22H22N6O3. The number of hydrogen-bond donors (Lipinski definition) is 2. The summed E-state index contributed by atoms with van der Waals surface area (Å²) < 4.78 is 7.22. The van der Waals surface area contributed by atoms with Crippen molar-refractivity contribution < 1.29 is 9.53 Å². The first-order chi connectivity index (χ1) is 15.2. The first-order valence-electron chi connectivity index (χ1n) is 10.3. The molecule has 2 aliphatic heterocycles. The van der Waals surface area contributed by atoms with Crippen molar-refractivity contribution >= 4 is 5.91 Å². The van der Waals surface area contributed by atoms with Crippen molar-refractivity contribution in [3.8, 4) is 11.4 Å². The highest BCUT2D eigenvalue weighted by atomic mass is 16.5. The van der Waals surface area contributed by atoms with Crippen LogP contribution in [0.1, 0.15) is 33.4 Å². The molecule has 1 unspecified atom stereocenters. The number of carbonyl (C=O) groups is 1. The summed E-state index contributed by atoms with van der Waals surface area (Å²) in [5.74, 6) is 0.240. The molecule has 1 atom stereocenters. The van der Waals surface area contributed by atoms with Gasteiger partial charge in [0, 0.05) is 24.4 Å². The highest BCUT2D eigenvalue weighted by Gasteiger charge is 2.25. The Morgan fingerprint density at radius 3 is 3.00 bits per heavy atom. The van der Waals surface area contributed by atoms with Gasteiger partial charge in [-0.3, -0.25) is 14.2 Å². The maximum atomic E-state index is 13.0. The van der Waals surface area contributed by atoms with Gasteiger partial charge in [0.15, 0.2) is 0 Å². The number of nitrogens with one attached hydrogen (secondary N) is 2. The SMILES string of the molecule is O=C(NC1COCCn2c1nc(-c1ccncn1)cc2=O)c1ccc2c(c1)CNCC2. The van der Waals surface area contributed by atoms with Gasteiger partial charge < -0.3 is 15.4 Å². The van der Waals surface area contributed by atoms with Crippen molar-refractivity contribution in [3.63, 3.8) is 0 Å². The molecule has 0 spiro atoms. The predicted octanol–water partition coefficient (Wildman–Crippen LogP) is 0.847. The first kappa shape index (κ1) is 19.5. The van der Waals surface area contributed by atoms with Crippen LogP contribution in [0.5, 0.6) is 0 Å². The van der Waals surface area contributed by atoms with E-state index in [9.17, 15) is 9.59 Å². The Balaban J connectivity index is 1.47. The minimum absolute atomic E-state index is 0.205. The Bertz CT molecular complexity index is 1180. The molecule has 31 heavy (non-hydrogen) atoms. The van der Waals surface area contributed by atoms with Crippen molar-refractivity contribution in [2.45, 2.75) is 25.6 Å². The third-order valence-corrected chi connectivity index (χ3v) is 5.60. The molecule has 0 saturated heterocycles. The number of ether oxygens (including phenoxy) is 1. The third kappa shape index (κ3) is 3.97. The van der Waals surface area contributed by atoms with Crippen LogP contribution in [0.4, 0.5) is 0 Å². The van der Waals surface area contributed by atoms with Crippen LogP contribution in [0, 0.1) is 0 Å². The van der Waals surface area contributed by atoms with Crippen LogP contribution in [0.3, 0.4) is 0 Å². The Kier molecular flexibility index (Phi) is 5.27. The van der Waals surface area contributed by atoms with Crippen molar-refractivity contribution in [2.75, 3.05) is 19.8 Å². The first-order valence-corrected chi connectivity index (χ1v) is 10.3. The Morgan fingerprint density at radius 2 is 2.13 bits per heavy atom. The molecule has 1 aromatic carbocycles. The van der Waals surface area contributed by atoms with Gasteiger partial charge in [-0.2, -0.15) is 0 Å². The Labute approximate surface area is 178 Å². The van der Waals surface area contributed by atoms with Gasteiger partial charge in [0.05, 0.1) is 31.1 Å². The number of carbonyl (C=O) groups excluding carboxylic acids is 1. The fourth-order valence-electron chi connectivity index (χ4n) is 3.99. The number of nitrogens with zero attached hydrogens (tertiary/aromatic N) is 4. The topological polar surface area (TPSA) is 111 Å². The largest absolute Gasteiger partial charge is 0.377 e. The van der Waals surface area contributed by atoms with Gasteiger partial charge in [-0.15, -0.1) is 0 Å². The smallest absolute Gasteiger partial charge is 0.254 e. The van der Waals surface area contributed by atoms with Crippen molar-refractivity contribution in [2.24, 2.45) is 0 Å². The number of amides is 1. The molecule has 0 aliphatic carbocycles. The molecular weight excluding hydrogens is 396 g/mol. The molecule has 3 aromatic rings. The minimum Gasteiger partial charge on any atom is -0.377 e. The van der Waals surface area contributed by atoms with Crippen LogP contribution in [0.25, 0.3) is 11.4 Å². The molecule has 5 rings (SSSR count). The van der Waals surface area contributed by atoms with Gasteiger partial charge in [0.1, 0.15) is 18.2 Å². The van der Waals surface area contributed by atoms with E-state index in [2.05, 4.69) is 25.6 Å². The molecule has 0 radical (unpaired) electrons. The molecule has 0 fully saturated rings. The molecule has 158 valence electrons. The van der Waals surface area contributed by atoms with Crippen LogP contribution in [0.2, 0.25) is 0 Å². The molecule has 2 aliphatic rings. The van der Waals surface area contributed by atoms with Gasteiger partial charge in [-0.05, 0) is 42.3 Å².